The lowest BCUT2D eigenvalue weighted by Crippen LogP contribution is -2.46. The van der Waals surface area contributed by atoms with Gasteiger partial charge in [-0.2, -0.15) is 0 Å². The lowest BCUT2D eigenvalue weighted by molar-refractivity contribution is 0.0890. The number of amides is 1. The fourth-order valence-electron chi connectivity index (χ4n) is 3.25. The standard InChI is InChI=1S/C19H30N2O3S/c1-13-7-10-15(25(23,24)21-14-8-9-14)11-16(13)17(22)20-19(5,6)12-18(2,3)4/h7,10-11,14,21H,8-9,12H2,1-6H3,(H,20,22). The molecule has 1 saturated carbocycles. The summed E-state index contributed by atoms with van der Waals surface area (Å²) in [5.74, 6) is -0.241. The van der Waals surface area contributed by atoms with Crippen LogP contribution in [0.1, 0.15) is 69.8 Å². The Morgan fingerprint density at radius 2 is 1.76 bits per heavy atom. The fraction of sp³-hybridized carbons (Fsp3) is 0.632. The van der Waals surface area contributed by atoms with E-state index in [1.54, 1.807) is 12.1 Å². The normalized spacial score (nSPS) is 15.9. The minimum atomic E-state index is -3.57. The molecule has 1 aliphatic carbocycles. The van der Waals surface area contributed by atoms with Crippen LogP contribution in [0.15, 0.2) is 23.1 Å². The van der Waals surface area contributed by atoms with Crippen LogP contribution in [0.3, 0.4) is 0 Å². The molecular weight excluding hydrogens is 336 g/mol. The largest absolute Gasteiger partial charge is 0.347 e. The number of carbonyl (C=O) groups excluding carboxylic acids is 1. The molecule has 0 spiro atoms. The van der Waals surface area contributed by atoms with Gasteiger partial charge in [0.05, 0.1) is 4.90 Å². The summed E-state index contributed by atoms with van der Waals surface area (Å²) in [7, 11) is -3.57. The van der Waals surface area contributed by atoms with Crippen molar-refractivity contribution in [3.8, 4) is 0 Å². The second-order valence-corrected chi connectivity index (χ2v) is 10.7. The Morgan fingerprint density at radius 1 is 1.16 bits per heavy atom. The zero-order chi connectivity index (χ0) is 19.0. The molecule has 2 rings (SSSR count). The summed E-state index contributed by atoms with van der Waals surface area (Å²) in [6.07, 6.45) is 2.56. The molecule has 25 heavy (non-hydrogen) atoms. The van der Waals surface area contributed by atoms with Crippen LogP contribution in [0.5, 0.6) is 0 Å². The highest BCUT2D eigenvalue weighted by Gasteiger charge is 2.30. The topological polar surface area (TPSA) is 75.3 Å². The predicted octanol–water partition coefficient (Wildman–Crippen LogP) is 3.38. The lowest BCUT2D eigenvalue weighted by Gasteiger charge is -2.33. The molecule has 1 fully saturated rings. The summed E-state index contributed by atoms with van der Waals surface area (Å²) in [5, 5.41) is 3.05. The second kappa shape index (κ2) is 6.72. The van der Waals surface area contributed by atoms with Gasteiger partial charge in [0.1, 0.15) is 0 Å². The van der Waals surface area contributed by atoms with E-state index >= 15 is 0 Å². The summed E-state index contributed by atoms with van der Waals surface area (Å²) in [6.45, 7) is 12.2. The Labute approximate surface area is 151 Å². The molecule has 1 aromatic rings. The first kappa shape index (κ1) is 19.9. The third-order valence-corrected chi connectivity index (χ3v) is 5.61. The number of hydrogen-bond donors (Lipinski definition) is 2. The first-order chi connectivity index (χ1) is 11.3. The maximum absolute atomic E-state index is 12.8. The SMILES string of the molecule is Cc1ccc(S(=O)(=O)NC2CC2)cc1C(=O)NC(C)(C)CC(C)(C)C. The molecule has 0 aromatic heterocycles. The van der Waals surface area contributed by atoms with Crippen LogP contribution in [-0.4, -0.2) is 25.9 Å². The highest BCUT2D eigenvalue weighted by atomic mass is 32.2. The molecule has 0 aliphatic heterocycles. The number of sulfonamides is 1. The predicted molar refractivity (Wildman–Crippen MR) is 100 cm³/mol. The van der Waals surface area contributed by atoms with Crippen molar-refractivity contribution in [2.24, 2.45) is 5.41 Å². The molecular formula is C19H30N2O3S. The van der Waals surface area contributed by atoms with E-state index in [1.807, 2.05) is 20.8 Å². The smallest absolute Gasteiger partial charge is 0.252 e. The number of carbonyl (C=O) groups is 1. The molecule has 2 N–H and O–H groups in total. The molecule has 140 valence electrons. The molecule has 0 saturated heterocycles. The highest BCUT2D eigenvalue weighted by molar-refractivity contribution is 7.89. The minimum absolute atomic E-state index is 0.0364. The van der Waals surface area contributed by atoms with Crippen LogP contribution in [0.4, 0.5) is 0 Å². The number of nitrogens with one attached hydrogen (secondary N) is 2. The van der Waals surface area contributed by atoms with E-state index in [1.165, 1.54) is 6.07 Å². The van der Waals surface area contributed by atoms with E-state index in [2.05, 4.69) is 30.8 Å². The van der Waals surface area contributed by atoms with E-state index in [9.17, 15) is 13.2 Å². The van der Waals surface area contributed by atoms with Crippen molar-refractivity contribution in [2.45, 2.75) is 77.3 Å². The first-order valence-electron chi connectivity index (χ1n) is 8.75. The highest BCUT2D eigenvalue weighted by Crippen LogP contribution is 2.28. The van der Waals surface area contributed by atoms with Gasteiger partial charge in [-0.3, -0.25) is 4.79 Å². The van der Waals surface area contributed by atoms with Crippen LogP contribution < -0.4 is 10.0 Å². The van der Waals surface area contributed by atoms with Gasteiger partial charge in [-0.05, 0) is 63.1 Å². The van der Waals surface area contributed by atoms with E-state index in [0.717, 1.165) is 24.8 Å². The van der Waals surface area contributed by atoms with Gasteiger partial charge in [0, 0.05) is 17.1 Å². The van der Waals surface area contributed by atoms with Gasteiger partial charge in [0.2, 0.25) is 10.0 Å². The van der Waals surface area contributed by atoms with Gasteiger partial charge in [0.15, 0.2) is 0 Å². The van der Waals surface area contributed by atoms with Crippen molar-refractivity contribution in [3.05, 3.63) is 29.3 Å². The van der Waals surface area contributed by atoms with Crippen LogP contribution >= 0.6 is 0 Å². The lowest BCUT2D eigenvalue weighted by atomic mass is 9.81. The molecule has 0 radical (unpaired) electrons. The average molecular weight is 367 g/mol. The zero-order valence-corrected chi connectivity index (χ0v) is 16.9. The van der Waals surface area contributed by atoms with E-state index < -0.39 is 10.0 Å². The summed E-state index contributed by atoms with van der Waals surface area (Å²) in [5.41, 5.74) is 0.851. The summed E-state index contributed by atoms with van der Waals surface area (Å²) in [4.78, 5) is 12.9. The molecule has 0 unspecified atom stereocenters. The van der Waals surface area contributed by atoms with Gasteiger partial charge in [-0.25, -0.2) is 13.1 Å². The molecule has 1 amide bonds. The van der Waals surface area contributed by atoms with Gasteiger partial charge >= 0.3 is 0 Å². The van der Waals surface area contributed by atoms with Crippen LogP contribution in [0.2, 0.25) is 0 Å². The third-order valence-electron chi connectivity index (χ3n) is 4.09. The average Bonchev–Trinajstić information content (AvgIpc) is 3.18. The van der Waals surface area contributed by atoms with Crippen LogP contribution in [0.25, 0.3) is 0 Å². The van der Waals surface area contributed by atoms with Crippen LogP contribution in [0, 0.1) is 12.3 Å². The van der Waals surface area contributed by atoms with Gasteiger partial charge in [0.25, 0.3) is 5.91 Å². The van der Waals surface area contributed by atoms with Crippen molar-refractivity contribution in [3.63, 3.8) is 0 Å². The second-order valence-electron chi connectivity index (χ2n) is 8.95. The van der Waals surface area contributed by atoms with E-state index in [4.69, 9.17) is 0 Å². The summed E-state index contributed by atoms with van der Waals surface area (Å²) < 4.78 is 27.4. The fourth-order valence-corrected chi connectivity index (χ4v) is 4.58. The molecule has 6 heteroatoms. The molecule has 5 nitrogen and oxygen atoms in total. The zero-order valence-electron chi connectivity index (χ0n) is 16.1. The number of aryl methyl sites for hydroxylation is 1. The quantitative estimate of drug-likeness (QED) is 0.810. The molecule has 0 atom stereocenters. The van der Waals surface area contributed by atoms with Crippen LogP contribution in [-0.2, 0) is 10.0 Å². The molecule has 1 aromatic carbocycles. The maximum atomic E-state index is 12.8. The Kier molecular flexibility index (Phi) is 5.36. The Bertz CT molecular complexity index is 757. The molecule has 1 aliphatic rings. The Hall–Kier alpha value is -1.40. The third kappa shape index (κ3) is 5.82. The first-order valence-corrected chi connectivity index (χ1v) is 10.2. The Morgan fingerprint density at radius 3 is 2.28 bits per heavy atom. The maximum Gasteiger partial charge on any atom is 0.252 e. The van der Waals surface area contributed by atoms with Crippen molar-refractivity contribution < 1.29 is 13.2 Å². The van der Waals surface area contributed by atoms with Gasteiger partial charge in [-0.1, -0.05) is 26.8 Å². The molecule has 0 heterocycles. The Balaban J connectivity index is 2.23. The van der Waals surface area contributed by atoms with Crippen molar-refractivity contribution in [2.75, 3.05) is 0 Å². The van der Waals surface area contributed by atoms with Crippen molar-refractivity contribution >= 4 is 15.9 Å². The number of benzene rings is 1. The minimum Gasteiger partial charge on any atom is -0.347 e. The number of hydrogen-bond acceptors (Lipinski definition) is 3. The van der Waals surface area contributed by atoms with Crippen molar-refractivity contribution in [1.82, 2.24) is 10.0 Å². The number of rotatable bonds is 6. The van der Waals surface area contributed by atoms with E-state index in [0.29, 0.717) is 5.56 Å². The summed E-state index contributed by atoms with van der Waals surface area (Å²) in [6, 6.07) is 4.75. The monoisotopic (exact) mass is 366 g/mol. The molecule has 0 bridgehead atoms. The van der Waals surface area contributed by atoms with Gasteiger partial charge < -0.3 is 5.32 Å². The van der Waals surface area contributed by atoms with Crippen molar-refractivity contribution in [1.29, 1.82) is 0 Å². The van der Waals surface area contributed by atoms with E-state index in [-0.39, 0.29) is 27.8 Å². The van der Waals surface area contributed by atoms with Gasteiger partial charge in [-0.15, -0.1) is 0 Å². The summed E-state index contributed by atoms with van der Waals surface area (Å²) >= 11 is 0.